The van der Waals surface area contributed by atoms with Crippen LogP contribution in [0.2, 0.25) is 0 Å². The second-order valence-electron chi connectivity index (χ2n) is 5.51. The van der Waals surface area contributed by atoms with Gasteiger partial charge < -0.3 is 4.90 Å². The molecule has 1 heterocycles. The predicted octanol–water partition coefficient (Wildman–Crippen LogP) is 0.771. The van der Waals surface area contributed by atoms with E-state index in [0.717, 1.165) is 0 Å². The first-order valence-corrected chi connectivity index (χ1v) is 8.46. The molecule has 0 radical (unpaired) electrons. The van der Waals surface area contributed by atoms with E-state index >= 15 is 0 Å². The van der Waals surface area contributed by atoms with Crippen LogP contribution in [0.15, 0.2) is 24.3 Å². The van der Waals surface area contributed by atoms with Crippen molar-refractivity contribution in [3.63, 3.8) is 0 Å². The lowest BCUT2D eigenvalue weighted by molar-refractivity contribution is 0.0698. The third-order valence-corrected chi connectivity index (χ3v) is 4.79. The van der Waals surface area contributed by atoms with Crippen molar-refractivity contribution in [1.82, 2.24) is 9.21 Å². The number of rotatable bonds is 3. The van der Waals surface area contributed by atoms with E-state index in [1.165, 1.54) is 9.87 Å². The second kappa shape index (κ2) is 6.13. The van der Waals surface area contributed by atoms with Crippen LogP contribution in [0.1, 0.15) is 35.7 Å². The van der Waals surface area contributed by atoms with Crippen molar-refractivity contribution >= 4 is 16.1 Å². The van der Waals surface area contributed by atoms with Crippen molar-refractivity contribution in [3.05, 3.63) is 35.4 Å². The minimum absolute atomic E-state index is 0.0700. The highest BCUT2D eigenvalue weighted by Gasteiger charge is 2.26. The molecule has 21 heavy (non-hydrogen) atoms. The molecule has 7 heteroatoms. The number of carbonyl (C=O) groups is 1. The topological polar surface area (TPSA) is 83.7 Å². The Morgan fingerprint density at radius 1 is 1.10 bits per heavy atom. The van der Waals surface area contributed by atoms with Gasteiger partial charge in [-0.1, -0.05) is 26.0 Å². The molecule has 1 aromatic rings. The first-order valence-electron chi connectivity index (χ1n) is 6.96. The van der Waals surface area contributed by atoms with Crippen LogP contribution in [0.25, 0.3) is 0 Å². The number of nitrogens with zero attached hydrogens (tertiary/aromatic N) is 2. The summed E-state index contributed by atoms with van der Waals surface area (Å²) in [6.45, 7) is 5.41. The lowest BCUT2D eigenvalue weighted by Crippen LogP contribution is -2.52. The molecule has 0 unspecified atom stereocenters. The summed E-state index contributed by atoms with van der Waals surface area (Å²) in [7, 11) is -3.66. The Bertz CT molecular complexity index is 603. The molecule has 116 valence electrons. The fourth-order valence-corrected chi connectivity index (χ4v) is 3.01. The van der Waals surface area contributed by atoms with Gasteiger partial charge in [-0.2, -0.15) is 12.7 Å². The van der Waals surface area contributed by atoms with Gasteiger partial charge >= 0.3 is 0 Å². The fourth-order valence-electron chi connectivity index (χ4n) is 2.34. The maximum atomic E-state index is 12.4. The molecule has 1 saturated heterocycles. The van der Waals surface area contributed by atoms with E-state index in [-0.39, 0.29) is 19.0 Å². The molecule has 1 aliphatic heterocycles. The SMILES string of the molecule is CC(C)c1ccc(C(=O)N2CCN(S(N)(=O)=O)CC2)cc1. The normalized spacial score (nSPS) is 17.2. The summed E-state index contributed by atoms with van der Waals surface area (Å²) >= 11 is 0. The van der Waals surface area contributed by atoms with E-state index in [1.54, 1.807) is 4.90 Å². The summed E-state index contributed by atoms with van der Waals surface area (Å²) in [6.07, 6.45) is 0. The number of amides is 1. The maximum Gasteiger partial charge on any atom is 0.277 e. The van der Waals surface area contributed by atoms with Crippen molar-refractivity contribution in [2.75, 3.05) is 26.2 Å². The summed E-state index contributed by atoms with van der Waals surface area (Å²) < 4.78 is 23.7. The molecule has 1 aliphatic rings. The zero-order valence-electron chi connectivity index (χ0n) is 12.3. The van der Waals surface area contributed by atoms with Crippen LogP contribution < -0.4 is 5.14 Å². The highest BCUT2D eigenvalue weighted by Crippen LogP contribution is 2.16. The summed E-state index contributed by atoms with van der Waals surface area (Å²) in [5, 5.41) is 5.08. The van der Waals surface area contributed by atoms with E-state index in [4.69, 9.17) is 5.14 Å². The summed E-state index contributed by atoms with van der Waals surface area (Å²) in [6, 6.07) is 7.56. The average molecular weight is 311 g/mol. The lowest BCUT2D eigenvalue weighted by Gasteiger charge is -2.33. The molecule has 2 rings (SSSR count). The molecule has 2 N–H and O–H groups in total. The number of benzene rings is 1. The average Bonchev–Trinajstić information content (AvgIpc) is 2.46. The van der Waals surface area contributed by atoms with Crippen LogP contribution in [0.4, 0.5) is 0 Å². The quantitative estimate of drug-likeness (QED) is 0.895. The Kier molecular flexibility index (Phi) is 4.65. The van der Waals surface area contributed by atoms with Gasteiger partial charge in [-0.15, -0.1) is 0 Å². The van der Waals surface area contributed by atoms with Crippen molar-refractivity contribution in [2.45, 2.75) is 19.8 Å². The molecule has 1 fully saturated rings. The van der Waals surface area contributed by atoms with Crippen LogP contribution >= 0.6 is 0 Å². The van der Waals surface area contributed by atoms with Crippen LogP contribution in [-0.2, 0) is 10.2 Å². The number of hydrogen-bond donors (Lipinski definition) is 1. The summed E-state index contributed by atoms with van der Waals surface area (Å²) in [5.74, 6) is 0.354. The molecule has 0 aromatic heterocycles. The van der Waals surface area contributed by atoms with Gasteiger partial charge in [0.15, 0.2) is 0 Å². The van der Waals surface area contributed by atoms with Crippen molar-refractivity contribution in [3.8, 4) is 0 Å². The van der Waals surface area contributed by atoms with Gasteiger partial charge in [-0.05, 0) is 23.6 Å². The highest BCUT2D eigenvalue weighted by molar-refractivity contribution is 7.86. The van der Waals surface area contributed by atoms with Gasteiger partial charge in [0.05, 0.1) is 0 Å². The molecule has 6 nitrogen and oxygen atoms in total. The van der Waals surface area contributed by atoms with Gasteiger partial charge in [-0.25, -0.2) is 5.14 Å². The predicted molar refractivity (Wildman–Crippen MR) is 81.1 cm³/mol. The number of nitrogens with two attached hydrogens (primary N) is 1. The van der Waals surface area contributed by atoms with E-state index in [1.807, 2.05) is 24.3 Å². The zero-order valence-corrected chi connectivity index (χ0v) is 13.1. The number of carbonyl (C=O) groups excluding carboxylic acids is 1. The summed E-state index contributed by atoms with van der Waals surface area (Å²) in [5.41, 5.74) is 1.81. The monoisotopic (exact) mass is 311 g/mol. The Morgan fingerprint density at radius 2 is 1.62 bits per heavy atom. The maximum absolute atomic E-state index is 12.4. The fraction of sp³-hybridized carbons (Fsp3) is 0.500. The number of hydrogen-bond acceptors (Lipinski definition) is 3. The Balaban J connectivity index is 2.02. The molecule has 0 spiro atoms. The zero-order chi connectivity index (χ0) is 15.6. The molecule has 1 amide bonds. The second-order valence-corrected chi connectivity index (χ2v) is 7.06. The molecule has 0 bridgehead atoms. The Morgan fingerprint density at radius 3 is 2.05 bits per heavy atom. The minimum Gasteiger partial charge on any atom is -0.336 e. The van der Waals surface area contributed by atoms with Gasteiger partial charge in [0.1, 0.15) is 0 Å². The van der Waals surface area contributed by atoms with Crippen LogP contribution in [0, 0.1) is 0 Å². The van der Waals surface area contributed by atoms with Crippen molar-refractivity contribution in [1.29, 1.82) is 0 Å². The Hall–Kier alpha value is -1.44. The van der Waals surface area contributed by atoms with Gasteiger partial charge in [0.2, 0.25) is 0 Å². The van der Waals surface area contributed by atoms with E-state index < -0.39 is 10.2 Å². The lowest BCUT2D eigenvalue weighted by atomic mass is 10.0. The van der Waals surface area contributed by atoms with E-state index in [2.05, 4.69) is 13.8 Å². The van der Waals surface area contributed by atoms with Crippen LogP contribution in [-0.4, -0.2) is 49.7 Å². The smallest absolute Gasteiger partial charge is 0.277 e. The van der Waals surface area contributed by atoms with E-state index in [9.17, 15) is 13.2 Å². The van der Waals surface area contributed by atoms with Gasteiger partial charge in [0.25, 0.3) is 16.1 Å². The largest absolute Gasteiger partial charge is 0.336 e. The molecule has 0 atom stereocenters. The van der Waals surface area contributed by atoms with Gasteiger partial charge in [0, 0.05) is 31.7 Å². The number of piperazine rings is 1. The van der Waals surface area contributed by atoms with Crippen LogP contribution in [0.3, 0.4) is 0 Å². The molecular weight excluding hydrogens is 290 g/mol. The molecule has 0 aliphatic carbocycles. The minimum atomic E-state index is -3.66. The Labute approximate surface area is 125 Å². The first-order chi connectivity index (χ1) is 9.79. The highest BCUT2D eigenvalue weighted by atomic mass is 32.2. The molecular formula is C14H21N3O3S. The molecule has 0 saturated carbocycles. The van der Waals surface area contributed by atoms with E-state index in [0.29, 0.717) is 24.6 Å². The standard InChI is InChI=1S/C14H21N3O3S/c1-11(2)12-3-5-13(6-4-12)14(18)16-7-9-17(10-8-16)21(15,19)20/h3-6,11H,7-10H2,1-2H3,(H2,15,19,20). The summed E-state index contributed by atoms with van der Waals surface area (Å²) in [4.78, 5) is 14.0. The third kappa shape index (κ3) is 3.81. The third-order valence-electron chi connectivity index (χ3n) is 3.71. The van der Waals surface area contributed by atoms with Crippen molar-refractivity contribution in [2.24, 2.45) is 5.14 Å². The van der Waals surface area contributed by atoms with Crippen LogP contribution in [0.5, 0.6) is 0 Å². The van der Waals surface area contributed by atoms with Crippen molar-refractivity contribution < 1.29 is 13.2 Å². The van der Waals surface area contributed by atoms with Gasteiger partial charge in [-0.3, -0.25) is 4.79 Å². The molecule has 1 aromatic carbocycles. The first kappa shape index (κ1) is 15.9.